The first-order valence-electron chi connectivity index (χ1n) is 9.27. The first kappa shape index (κ1) is 17.6. The minimum Gasteiger partial charge on any atom is -0.273 e. The van der Waals surface area contributed by atoms with Gasteiger partial charge in [-0.3, -0.25) is 14.6 Å². The molecule has 2 heterocycles. The van der Waals surface area contributed by atoms with E-state index in [-0.39, 0.29) is 11.8 Å². The first-order valence-corrected chi connectivity index (χ1v) is 9.64. The smallest absolute Gasteiger partial charge is 0.259 e. The predicted molar refractivity (Wildman–Crippen MR) is 113 cm³/mol. The van der Waals surface area contributed by atoms with Crippen molar-refractivity contribution in [1.29, 1.82) is 0 Å². The van der Waals surface area contributed by atoms with Gasteiger partial charge in [0.1, 0.15) is 12.0 Å². The predicted octanol–water partition coefficient (Wildman–Crippen LogP) is 4.12. The van der Waals surface area contributed by atoms with Gasteiger partial charge in [0.25, 0.3) is 5.91 Å². The molecule has 2 atom stereocenters. The molecule has 6 heteroatoms. The summed E-state index contributed by atoms with van der Waals surface area (Å²) in [6.45, 7) is 0. The van der Waals surface area contributed by atoms with Gasteiger partial charge in [0.05, 0.1) is 17.1 Å². The van der Waals surface area contributed by atoms with E-state index in [2.05, 4.69) is 0 Å². The number of hydrogen-bond acceptors (Lipinski definition) is 4. The molecule has 0 aliphatic carbocycles. The fourth-order valence-corrected chi connectivity index (χ4v) is 4.03. The zero-order chi connectivity index (χ0) is 20.0. The monoisotopic (exact) mass is 401 g/mol. The lowest BCUT2D eigenvalue weighted by Gasteiger charge is -2.22. The zero-order valence-corrected chi connectivity index (χ0v) is 16.0. The molecule has 0 unspecified atom stereocenters. The van der Waals surface area contributed by atoms with Crippen LogP contribution < -0.4 is 9.91 Å². The van der Waals surface area contributed by atoms with Crippen LogP contribution in [0.1, 0.15) is 5.56 Å². The van der Waals surface area contributed by atoms with E-state index in [1.807, 2.05) is 60.7 Å². The lowest BCUT2D eigenvalue weighted by atomic mass is 9.93. The second-order valence-electron chi connectivity index (χ2n) is 6.94. The molecule has 2 aliphatic heterocycles. The van der Waals surface area contributed by atoms with Crippen molar-refractivity contribution in [2.75, 3.05) is 9.91 Å². The van der Waals surface area contributed by atoms with Crippen molar-refractivity contribution in [3.63, 3.8) is 0 Å². The number of rotatable bonds is 3. The van der Waals surface area contributed by atoms with Crippen molar-refractivity contribution in [3.05, 3.63) is 95.5 Å². The molecule has 29 heavy (non-hydrogen) atoms. The van der Waals surface area contributed by atoms with Crippen molar-refractivity contribution in [2.24, 2.45) is 11.0 Å². The number of hydrogen-bond donors (Lipinski definition) is 0. The summed E-state index contributed by atoms with van der Waals surface area (Å²) in [7, 11) is 0. The van der Waals surface area contributed by atoms with E-state index in [1.54, 1.807) is 29.3 Å². The van der Waals surface area contributed by atoms with Gasteiger partial charge in [0, 0.05) is 5.02 Å². The lowest BCUT2D eigenvalue weighted by Crippen LogP contribution is -2.39. The van der Waals surface area contributed by atoms with Crippen molar-refractivity contribution in [1.82, 2.24) is 0 Å². The molecule has 1 saturated heterocycles. The fraction of sp³-hybridized carbons (Fsp3) is 0.0870. The zero-order valence-electron chi connectivity index (χ0n) is 15.3. The minimum absolute atomic E-state index is 0.275. The Morgan fingerprint density at radius 2 is 1.34 bits per heavy atom. The summed E-state index contributed by atoms with van der Waals surface area (Å²) >= 11 is 5.98. The summed E-state index contributed by atoms with van der Waals surface area (Å²) in [5.74, 6) is -1.23. The Hall–Kier alpha value is -3.44. The van der Waals surface area contributed by atoms with Gasteiger partial charge < -0.3 is 0 Å². The lowest BCUT2D eigenvalue weighted by molar-refractivity contribution is -0.121. The molecule has 2 aliphatic rings. The molecule has 0 aromatic heterocycles. The standard InChI is InChI=1S/C23H16ClN3O2/c24-16-11-13-17(14-12-16)26-22(28)19-20(15-7-3-1-4-8-15)25-27(21(19)23(26)29)18-9-5-2-6-10-18/h1-14,19,21H/t19-,21-/m0/s1. The van der Waals surface area contributed by atoms with Crippen LogP contribution in [0.5, 0.6) is 0 Å². The second kappa shape index (κ2) is 6.87. The Morgan fingerprint density at radius 3 is 2.00 bits per heavy atom. The van der Waals surface area contributed by atoms with Crippen LogP contribution in [0.3, 0.4) is 0 Å². The number of carbonyl (C=O) groups excluding carboxylic acids is 2. The van der Waals surface area contributed by atoms with Crippen LogP contribution in [0, 0.1) is 5.92 Å². The van der Waals surface area contributed by atoms with Crippen LogP contribution in [0.4, 0.5) is 11.4 Å². The highest BCUT2D eigenvalue weighted by atomic mass is 35.5. The molecular weight excluding hydrogens is 386 g/mol. The largest absolute Gasteiger partial charge is 0.273 e. The van der Waals surface area contributed by atoms with E-state index in [4.69, 9.17) is 16.7 Å². The van der Waals surface area contributed by atoms with Gasteiger partial charge in [0.2, 0.25) is 5.91 Å². The van der Waals surface area contributed by atoms with Crippen molar-refractivity contribution < 1.29 is 9.59 Å². The molecule has 142 valence electrons. The van der Waals surface area contributed by atoms with Crippen molar-refractivity contribution >= 4 is 40.5 Å². The summed E-state index contributed by atoms with van der Waals surface area (Å²) in [6.07, 6.45) is 0. The van der Waals surface area contributed by atoms with E-state index >= 15 is 0 Å². The Bertz CT molecular complexity index is 1110. The maximum Gasteiger partial charge on any atom is 0.259 e. The molecule has 0 bridgehead atoms. The van der Waals surface area contributed by atoms with E-state index in [0.29, 0.717) is 16.4 Å². The number of amides is 2. The third kappa shape index (κ3) is 2.82. The maximum absolute atomic E-state index is 13.4. The summed E-state index contributed by atoms with van der Waals surface area (Å²) < 4.78 is 0. The summed E-state index contributed by atoms with van der Waals surface area (Å²) in [5, 5.41) is 6.93. The minimum atomic E-state index is -0.712. The molecule has 3 aromatic carbocycles. The normalized spacial score (nSPS) is 20.8. The third-order valence-electron chi connectivity index (χ3n) is 5.22. The SMILES string of the molecule is O=C1[C@H]2C(c3ccccc3)=NN(c3ccccc3)[C@@H]2C(=O)N1c1ccc(Cl)cc1. The van der Waals surface area contributed by atoms with E-state index in [0.717, 1.165) is 11.3 Å². The van der Waals surface area contributed by atoms with Gasteiger partial charge in [-0.15, -0.1) is 0 Å². The molecule has 0 saturated carbocycles. The average molecular weight is 402 g/mol. The van der Waals surface area contributed by atoms with Gasteiger partial charge in [-0.1, -0.05) is 60.1 Å². The average Bonchev–Trinajstić information content (AvgIpc) is 3.27. The number of halogens is 1. The number of benzene rings is 3. The summed E-state index contributed by atoms with van der Waals surface area (Å²) in [5.41, 5.74) is 2.72. The van der Waals surface area contributed by atoms with Crippen molar-refractivity contribution in [3.8, 4) is 0 Å². The number of fused-ring (bicyclic) bond motifs is 1. The highest BCUT2D eigenvalue weighted by Gasteiger charge is 2.57. The first-order chi connectivity index (χ1) is 14.1. The van der Waals surface area contributed by atoms with Gasteiger partial charge in [-0.05, 0) is 42.0 Å². The number of carbonyl (C=O) groups is 2. The number of hydrazone groups is 1. The topological polar surface area (TPSA) is 53.0 Å². The van der Waals surface area contributed by atoms with Crippen LogP contribution in [-0.4, -0.2) is 23.6 Å². The summed E-state index contributed by atoms with van der Waals surface area (Å²) in [4.78, 5) is 28.1. The molecule has 3 aromatic rings. The van der Waals surface area contributed by atoms with Gasteiger partial charge in [-0.2, -0.15) is 5.10 Å². The third-order valence-corrected chi connectivity index (χ3v) is 5.48. The summed E-state index contributed by atoms with van der Waals surface area (Å²) in [6, 6.07) is 25.0. The van der Waals surface area contributed by atoms with Crippen LogP contribution in [0.2, 0.25) is 5.02 Å². The number of para-hydroxylation sites is 1. The number of imide groups is 1. The molecule has 0 radical (unpaired) electrons. The fourth-order valence-electron chi connectivity index (χ4n) is 3.90. The number of anilines is 2. The Morgan fingerprint density at radius 1 is 0.724 bits per heavy atom. The van der Waals surface area contributed by atoms with E-state index in [9.17, 15) is 9.59 Å². The highest BCUT2D eigenvalue weighted by molar-refractivity contribution is 6.34. The molecule has 2 amide bonds. The highest BCUT2D eigenvalue weighted by Crippen LogP contribution is 2.39. The molecular formula is C23H16ClN3O2. The quantitative estimate of drug-likeness (QED) is 0.620. The van der Waals surface area contributed by atoms with Crippen LogP contribution in [0.15, 0.2) is 90.0 Å². The molecule has 0 N–H and O–H groups in total. The Labute approximate surface area is 172 Å². The molecule has 5 rings (SSSR count). The van der Waals surface area contributed by atoms with Crippen LogP contribution in [0.25, 0.3) is 0 Å². The van der Waals surface area contributed by atoms with E-state index < -0.39 is 12.0 Å². The number of nitrogens with zero attached hydrogens (tertiary/aromatic N) is 3. The van der Waals surface area contributed by atoms with Gasteiger partial charge >= 0.3 is 0 Å². The maximum atomic E-state index is 13.4. The molecule has 1 fully saturated rings. The Balaban J connectivity index is 1.63. The van der Waals surface area contributed by atoms with E-state index in [1.165, 1.54) is 4.90 Å². The van der Waals surface area contributed by atoms with Crippen LogP contribution in [-0.2, 0) is 9.59 Å². The Kier molecular flexibility index (Phi) is 4.18. The van der Waals surface area contributed by atoms with Crippen LogP contribution >= 0.6 is 11.6 Å². The molecule has 0 spiro atoms. The van der Waals surface area contributed by atoms with Crippen molar-refractivity contribution in [2.45, 2.75) is 6.04 Å². The molecule has 5 nitrogen and oxygen atoms in total. The van der Waals surface area contributed by atoms with Gasteiger partial charge in [-0.25, -0.2) is 4.90 Å². The second-order valence-corrected chi connectivity index (χ2v) is 7.38. The van der Waals surface area contributed by atoms with Gasteiger partial charge in [0.15, 0.2) is 0 Å².